The maximum atomic E-state index is 12.2. The van der Waals surface area contributed by atoms with Gasteiger partial charge in [0.1, 0.15) is 5.00 Å². The van der Waals surface area contributed by atoms with Gasteiger partial charge >= 0.3 is 0 Å². The van der Waals surface area contributed by atoms with Gasteiger partial charge in [-0.25, -0.2) is 0 Å². The van der Waals surface area contributed by atoms with Gasteiger partial charge in [0, 0.05) is 25.6 Å². The first-order chi connectivity index (χ1) is 9.00. The Morgan fingerprint density at radius 1 is 1.32 bits per heavy atom. The molecule has 100 valence electrons. The number of aromatic nitrogens is 2. The molecule has 1 N–H and O–H groups in total. The van der Waals surface area contributed by atoms with E-state index in [1.165, 1.54) is 0 Å². The lowest BCUT2D eigenvalue weighted by molar-refractivity contribution is 0.102. The summed E-state index contributed by atoms with van der Waals surface area (Å²) in [5.41, 5.74) is 0.611. The highest BCUT2D eigenvalue weighted by Crippen LogP contribution is 2.31. The summed E-state index contributed by atoms with van der Waals surface area (Å²) in [5.74, 6) is -0.396. The van der Waals surface area contributed by atoms with Crippen LogP contribution in [0.4, 0.5) is 10.7 Å². The fraction of sp³-hybridized carbons (Fsp3) is 0.182. The molecule has 0 aliphatic heterocycles. The highest BCUT2D eigenvalue weighted by molar-refractivity contribution is 7.10. The molecule has 1 aromatic carbocycles. The van der Waals surface area contributed by atoms with E-state index >= 15 is 0 Å². The number of anilines is 2. The minimum Gasteiger partial charge on any atom is -0.366 e. The summed E-state index contributed by atoms with van der Waals surface area (Å²) >= 11 is 13.1. The van der Waals surface area contributed by atoms with Crippen molar-refractivity contribution in [3.05, 3.63) is 33.9 Å². The number of amides is 1. The molecule has 0 fully saturated rings. The van der Waals surface area contributed by atoms with E-state index in [1.807, 2.05) is 14.1 Å². The molecule has 0 spiro atoms. The van der Waals surface area contributed by atoms with Gasteiger partial charge in [0.05, 0.1) is 15.7 Å². The smallest absolute Gasteiger partial charge is 0.279 e. The number of nitrogens with zero attached hydrogens (tertiary/aromatic N) is 3. The summed E-state index contributed by atoms with van der Waals surface area (Å²) in [7, 11) is 3.63. The second-order valence-electron chi connectivity index (χ2n) is 3.87. The van der Waals surface area contributed by atoms with E-state index in [0.29, 0.717) is 20.7 Å². The number of benzene rings is 1. The molecule has 1 amide bonds. The number of hydrogen-bond acceptors (Lipinski definition) is 5. The average Bonchev–Trinajstić information content (AvgIpc) is 2.83. The van der Waals surface area contributed by atoms with Crippen molar-refractivity contribution < 1.29 is 4.79 Å². The number of halogens is 2. The Morgan fingerprint density at radius 2 is 1.95 bits per heavy atom. The third-order valence-electron chi connectivity index (χ3n) is 2.29. The van der Waals surface area contributed by atoms with E-state index in [-0.39, 0.29) is 5.69 Å². The molecule has 0 saturated heterocycles. The maximum Gasteiger partial charge on any atom is 0.279 e. The van der Waals surface area contributed by atoms with Crippen molar-refractivity contribution in [1.82, 2.24) is 9.59 Å². The van der Waals surface area contributed by atoms with Crippen molar-refractivity contribution in [2.75, 3.05) is 24.3 Å². The van der Waals surface area contributed by atoms with Gasteiger partial charge in [0.15, 0.2) is 5.69 Å². The number of rotatable bonds is 3. The summed E-state index contributed by atoms with van der Waals surface area (Å²) in [6.45, 7) is 0. The van der Waals surface area contributed by atoms with Crippen molar-refractivity contribution in [2.24, 2.45) is 0 Å². The minimum absolute atomic E-state index is 0.242. The third kappa shape index (κ3) is 2.97. The molecular weight excluding hydrogens is 307 g/mol. The van der Waals surface area contributed by atoms with Gasteiger partial charge in [0.25, 0.3) is 5.91 Å². The SMILES string of the molecule is CN(C)c1snnc1C(=O)Nc1c(Cl)cccc1Cl. The van der Waals surface area contributed by atoms with Gasteiger partial charge in [-0.05, 0) is 12.1 Å². The Morgan fingerprint density at radius 3 is 2.53 bits per heavy atom. The van der Waals surface area contributed by atoms with Crippen LogP contribution in [0.5, 0.6) is 0 Å². The quantitative estimate of drug-likeness (QED) is 0.945. The largest absolute Gasteiger partial charge is 0.366 e. The zero-order chi connectivity index (χ0) is 14.0. The molecule has 0 saturated carbocycles. The predicted octanol–water partition coefficient (Wildman–Crippen LogP) is 3.16. The van der Waals surface area contributed by atoms with Crippen LogP contribution < -0.4 is 10.2 Å². The number of hydrogen-bond donors (Lipinski definition) is 1. The van der Waals surface area contributed by atoms with Gasteiger partial charge in [-0.15, -0.1) is 5.10 Å². The first-order valence-electron chi connectivity index (χ1n) is 5.25. The van der Waals surface area contributed by atoms with Crippen LogP contribution in [0.1, 0.15) is 10.5 Å². The standard InChI is InChI=1S/C11H10Cl2N4OS/c1-17(2)11-9(15-16-19-11)10(18)14-8-6(12)4-3-5-7(8)13/h3-5H,1-2H3,(H,14,18). The monoisotopic (exact) mass is 316 g/mol. The maximum absolute atomic E-state index is 12.2. The molecule has 1 aromatic heterocycles. The van der Waals surface area contributed by atoms with Crippen LogP contribution in [-0.2, 0) is 0 Å². The molecule has 2 rings (SSSR count). The Kier molecular flexibility index (Phi) is 4.24. The van der Waals surface area contributed by atoms with Crippen LogP contribution in [-0.4, -0.2) is 29.6 Å². The zero-order valence-electron chi connectivity index (χ0n) is 10.1. The van der Waals surface area contributed by atoms with Crippen LogP contribution in [0.15, 0.2) is 18.2 Å². The molecule has 0 bridgehead atoms. The third-order valence-corrected chi connectivity index (χ3v) is 3.82. The van der Waals surface area contributed by atoms with Crippen LogP contribution in [0.25, 0.3) is 0 Å². The Balaban J connectivity index is 2.29. The molecule has 0 atom stereocenters. The second-order valence-corrected chi connectivity index (χ2v) is 5.42. The van der Waals surface area contributed by atoms with Crippen molar-refractivity contribution in [1.29, 1.82) is 0 Å². The van der Waals surface area contributed by atoms with Gasteiger partial charge in [-0.3, -0.25) is 4.79 Å². The molecule has 1 heterocycles. The lowest BCUT2D eigenvalue weighted by Crippen LogP contribution is -2.18. The number of nitrogens with one attached hydrogen (secondary N) is 1. The van der Waals surface area contributed by atoms with Crippen molar-refractivity contribution >= 4 is 51.3 Å². The topological polar surface area (TPSA) is 58.1 Å². The Bertz CT molecular complexity index is 594. The Hall–Kier alpha value is -1.37. The summed E-state index contributed by atoms with van der Waals surface area (Å²) < 4.78 is 3.77. The highest BCUT2D eigenvalue weighted by atomic mass is 35.5. The molecule has 0 aliphatic rings. The molecular formula is C11H10Cl2N4OS. The van der Waals surface area contributed by atoms with Crippen LogP contribution >= 0.6 is 34.7 Å². The van der Waals surface area contributed by atoms with Gasteiger partial charge in [0.2, 0.25) is 0 Å². The number of carbonyl (C=O) groups is 1. The summed E-state index contributed by atoms with van der Waals surface area (Å²) in [4.78, 5) is 13.9. The summed E-state index contributed by atoms with van der Waals surface area (Å²) in [6.07, 6.45) is 0. The normalized spacial score (nSPS) is 10.3. The van der Waals surface area contributed by atoms with E-state index in [1.54, 1.807) is 23.1 Å². The van der Waals surface area contributed by atoms with Gasteiger partial charge in [-0.1, -0.05) is 33.8 Å². The minimum atomic E-state index is -0.396. The molecule has 0 radical (unpaired) electrons. The van der Waals surface area contributed by atoms with Crippen molar-refractivity contribution in [3.63, 3.8) is 0 Å². The predicted molar refractivity (Wildman–Crippen MR) is 78.7 cm³/mol. The number of para-hydroxylation sites is 1. The van der Waals surface area contributed by atoms with Crippen LogP contribution in [0.3, 0.4) is 0 Å². The van der Waals surface area contributed by atoms with E-state index < -0.39 is 5.91 Å². The molecule has 0 unspecified atom stereocenters. The van der Waals surface area contributed by atoms with E-state index in [2.05, 4.69) is 14.9 Å². The van der Waals surface area contributed by atoms with E-state index in [4.69, 9.17) is 23.2 Å². The van der Waals surface area contributed by atoms with E-state index in [0.717, 1.165) is 11.5 Å². The lowest BCUT2D eigenvalue weighted by Gasteiger charge is -2.11. The Labute approximate surface area is 124 Å². The van der Waals surface area contributed by atoms with E-state index in [9.17, 15) is 4.79 Å². The van der Waals surface area contributed by atoms with Crippen molar-refractivity contribution in [3.8, 4) is 0 Å². The molecule has 5 nitrogen and oxygen atoms in total. The zero-order valence-corrected chi connectivity index (χ0v) is 12.5. The fourth-order valence-electron chi connectivity index (χ4n) is 1.41. The summed E-state index contributed by atoms with van der Waals surface area (Å²) in [6, 6.07) is 5.00. The fourth-order valence-corrected chi connectivity index (χ4v) is 2.49. The molecule has 0 aliphatic carbocycles. The van der Waals surface area contributed by atoms with Gasteiger partial charge in [-0.2, -0.15) is 0 Å². The average molecular weight is 317 g/mol. The number of carbonyl (C=O) groups excluding carboxylic acids is 1. The highest BCUT2D eigenvalue weighted by Gasteiger charge is 2.19. The van der Waals surface area contributed by atoms with Crippen molar-refractivity contribution in [2.45, 2.75) is 0 Å². The molecule has 8 heteroatoms. The summed E-state index contributed by atoms with van der Waals surface area (Å²) in [5, 5.41) is 7.88. The van der Waals surface area contributed by atoms with Gasteiger partial charge < -0.3 is 10.2 Å². The van der Waals surface area contributed by atoms with Crippen LogP contribution in [0.2, 0.25) is 10.0 Å². The first kappa shape index (κ1) is 14.0. The first-order valence-corrected chi connectivity index (χ1v) is 6.78. The molecule has 2 aromatic rings. The molecule has 19 heavy (non-hydrogen) atoms. The van der Waals surface area contributed by atoms with Crippen LogP contribution in [0, 0.1) is 0 Å². The second kappa shape index (κ2) is 5.73. The lowest BCUT2D eigenvalue weighted by atomic mass is 10.3.